The highest BCUT2D eigenvalue weighted by Gasteiger charge is 2.39. The monoisotopic (exact) mass is 429 g/mol. The Morgan fingerprint density at radius 3 is 2.35 bits per heavy atom. The predicted molar refractivity (Wildman–Crippen MR) is 122 cm³/mol. The molecule has 3 N–H and O–H groups in total. The number of carboxylic acids is 1. The van der Waals surface area contributed by atoms with Gasteiger partial charge in [0.1, 0.15) is 12.1 Å². The maximum absolute atomic E-state index is 13.5. The summed E-state index contributed by atoms with van der Waals surface area (Å²) in [5.41, 5.74) is 1.67. The van der Waals surface area contributed by atoms with Gasteiger partial charge in [0.25, 0.3) is 0 Å². The Kier molecular flexibility index (Phi) is 7.52. The molecule has 0 saturated carbocycles. The lowest BCUT2D eigenvalue weighted by atomic mass is 9.85. The number of para-hydroxylation sites is 1. The molecule has 0 fully saturated rings. The van der Waals surface area contributed by atoms with E-state index in [2.05, 4.69) is 10.6 Å². The number of nitrogens with one attached hydrogen (secondary N) is 2. The van der Waals surface area contributed by atoms with Crippen molar-refractivity contribution in [2.45, 2.75) is 66.1 Å². The van der Waals surface area contributed by atoms with Gasteiger partial charge >= 0.3 is 5.97 Å². The Morgan fingerprint density at radius 2 is 1.84 bits per heavy atom. The van der Waals surface area contributed by atoms with Crippen LogP contribution in [0.1, 0.15) is 47.1 Å². The summed E-state index contributed by atoms with van der Waals surface area (Å²) in [5, 5.41) is 15.4. The van der Waals surface area contributed by atoms with E-state index in [1.165, 1.54) is 6.92 Å². The van der Waals surface area contributed by atoms with Crippen LogP contribution in [0.5, 0.6) is 0 Å². The molecule has 31 heavy (non-hydrogen) atoms. The van der Waals surface area contributed by atoms with E-state index >= 15 is 0 Å². The lowest BCUT2D eigenvalue weighted by Gasteiger charge is -2.37. The fourth-order valence-electron chi connectivity index (χ4n) is 3.78. The normalized spacial score (nSPS) is 18.1. The standard InChI is InChI=1S/C24H35N3O4/c1-14(2)19(12-15(3)23(30)31)27(7)22(29)20(24(4,5)6)26-21(28)18-13-16-10-8-9-11-17(16)25-18/h8-12,14,18-20,25H,13H2,1-7H3,(H,26,28)(H,30,31)/b15-12+/t18?,19-,20-/m1/s1. The fraction of sp³-hybridized carbons (Fsp3) is 0.542. The number of hydrogen-bond donors (Lipinski definition) is 3. The maximum atomic E-state index is 13.5. The second-order valence-corrected chi connectivity index (χ2v) is 9.70. The zero-order valence-electron chi connectivity index (χ0n) is 19.5. The van der Waals surface area contributed by atoms with Crippen LogP contribution in [-0.2, 0) is 20.8 Å². The minimum Gasteiger partial charge on any atom is -0.478 e. The average molecular weight is 430 g/mol. The van der Waals surface area contributed by atoms with E-state index in [0.29, 0.717) is 6.42 Å². The summed E-state index contributed by atoms with van der Waals surface area (Å²) >= 11 is 0. The van der Waals surface area contributed by atoms with E-state index in [1.807, 2.05) is 58.9 Å². The van der Waals surface area contributed by atoms with Gasteiger partial charge in [0.05, 0.1) is 6.04 Å². The third-order valence-electron chi connectivity index (χ3n) is 5.72. The van der Waals surface area contributed by atoms with E-state index in [1.54, 1.807) is 18.0 Å². The third kappa shape index (κ3) is 5.87. The van der Waals surface area contributed by atoms with Gasteiger partial charge in [-0.25, -0.2) is 4.79 Å². The number of benzene rings is 1. The number of hydrogen-bond acceptors (Lipinski definition) is 4. The first kappa shape index (κ1) is 24.4. The molecule has 0 bridgehead atoms. The number of nitrogens with zero attached hydrogens (tertiary/aromatic N) is 1. The van der Waals surface area contributed by atoms with Gasteiger partial charge in [-0.15, -0.1) is 0 Å². The molecule has 1 heterocycles. The summed E-state index contributed by atoms with van der Waals surface area (Å²) in [6.45, 7) is 11.1. The molecule has 1 aliphatic heterocycles. The molecular weight excluding hydrogens is 394 g/mol. The second kappa shape index (κ2) is 9.54. The molecule has 7 nitrogen and oxygen atoms in total. The van der Waals surface area contributed by atoms with Crippen LogP contribution in [0.3, 0.4) is 0 Å². The van der Waals surface area contributed by atoms with E-state index in [-0.39, 0.29) is 23.3 Å². The van der Waals surface area contributed by atoms with Crippen LogP contribution in [0, 0.1) is 11.3 Å². The van der Waals surface area contributed by atoms with Crippen LogP contribution in [-0.4, -0.2) is 53.0 Å². The molecule has 2 amide bonds. The van der Waals surface area contributed by atoms with Gasteiger partial charge in [0.2, 0.25) is 11.8 Å². The fourth-order valence-corrected chi connectivity index (χ4v) is 3.78. The second-order valence-electron chi connectivity index (χ2n) is 9.70. The van der Waals surface area contributed by atoms with Crippen LogP contribution in [0.2, 0.25) is 0 Å². The van der Waals surface area contributed by atoms with E-state index in [4.69, 9.17) is 0 Å². The molecule has 1 unspecified atom stereocenters. The number of fused-ring (bicyclic) bond motifs is 1. The molecule has 1 aromatic carbocycles. The van der Waals surface area contributed by atoms with Gasteiger partial charge in [-0.2, -0.15) is 0 Å². The Bertz CT molecular complexity index is 845. The molecule has 1 aromatic rings. The lowest BCUT2D eigenvalue weighted by molar-refractivity contribution is -0.140. The third-order valence-corrected chi connectivity index (χ3v) is 5.72. The largest absolute Gasteiger partial charge is 0.478 e. The van der Waals surface area contributed by atoms with Gasteiger partial charge in [-0.3, -0.25) is 9.59 Å². The Hall–Kier alpha value is -2.83. The van der Waals surface area contributed by atoms with Crippen molar-refractivity contribution in [3.8, 4) is 0 Å². The number of amides is 2. The van der Waals surface area contributed by atoms with Crippen molar-refractivity contribution in [2.75, 3.05) is 12.4 Å². The van der Waals surface area contributed by atoms with Crippen LogP contribution in [0.25, 0.3) is 0 Å². The molecule has 0 aromatic heterocycles. The summed E-state index contributed by atoms with van der Waals surface area (Å²) in [7, 11) is 1.66. The molecule has 0 radical (unpaired) electrons. The number of likely N-dealkylation sites (N-methyl/N-ethyl adjacent to an activating group) is 1. The number of carbonyl (C=O) groups excluding carboxylic acids is 2. The molecule has 7 heteroatoms. The SMILES string of the molecule is C/C(=C\[C@H](C(C)C)N(C)C(=O)[C@@H](NC(=O)C1Cc2ccccc2N1)C(C)(C)C)C(=O)O. The minimum atomic E-state index is -1.01. The van der Waals surface area contributed by atoms with Crippen LogP contribution >= 0.6 is 0 Å². The van der Waals surface area contributed by atoms with Crippen LogP contribution < -0.4 is 10.6 Å². The summed E-state index contributed by atoms with van der Waals surface area (Å²) in [6, 6.07) is 6.19. The predicted octanol–water partition coefficient (Wildman–Crippen LogP) is 3.07. The Balaban J connectivity index is 2.21. The molecule has 1 aliphatic rings. The Morgan fingerprint density at radius 1 is 1.23 bits per heavy atom. The van der Waals surface area contributed by atoms with E-state index in [9.17, 15) is 19.5 Å². The van der Waals surface area contributed by atoms with Crippen molar-refractivity contribution >= 4 is 23.5 Å². The number of aliphatic carboxylic acids is 1. The summed E-state index contributed by atoms with van der Waals surface area (Å²) in [4.78, 5) is 39.3. The highest BCUT2D eigenvalue weighted by atomic mass is 16.4. The Labute approximate surface area is 184 Å². The first-order valence-corrected chi connectivity index (χ1v) is 10.7. The molecular formula is C24H35N3O4. The van der Waals surface area contributed by atoms with Crippen molar-refractivity contribution in [1.29, 1.82) is 0 Å². The van der Waals surface area contributed by atoms with Crippen molar-refractivity contribution in [1.82, 2.24) is 10.2 Å². The van der Waals surface area contributed by atoms with Crippen LogP contribution in [0.15, 0.2) is 35.9 Å². The molecule has 170 valence electrons. The minimum absolute atomic E-state index is 0.00516. The van der Waals surface area contributed by atoms with Crippen molar-refractivity contribution in [3.05, 3.63) is 41.5 Å². The van der Waals surface area contributed by atoms with Crippen molar-refractivity contribution in [2.24, 2.45) is 11.3 Å². The molecule has 0 aliphatic carbocycles. The van der Waals surface area contributed by atoms with Gasteiger partial charge in [0.15, 0.2) is 0 Å². The van der Waals surface area contributed by atoms with Gasteiger partial charge < -0.3 is 20.6 Å². The summed E-state index contributed by atoms with van der Waals surface area (Å²) < 4.78 is 0. The average Bonchev–Trinajstić information content (AvgIpc) is 3.12. The van der Waals surface area contributed by atoms with E-state index < -0.39 is 29.5 Å². The summed E-state index contributed by atoms with van der Waals surface area (Å²) in [5.74, 6) is -1.48. The number of carboxylic acid groups (broad SMARTS) is 1. The smallest absolute Gasteiger partial charge is 0.331 e. The number of carbonyl (C=O) groups is 3. The highest BCUT2D eigenvalue weighted by molar-refractivity contribution is 5.93. The van der Waals surface area contributed by atoms with E-state index in [0.717, 1.165) is 11.3 Å². The zero-order valence-corrected chi connectivity index (χ0v) is 19.5. The summed E-state index contributed by atoms with van der Waals surface area (Å²) in [6.07, 6.45) is 2.17. The highest BCUT2D eigenvalue weighted by Crippen LogP contribution is 2.27. The van der Waals surface area contributed by atoms with Gasteiger partial charge in [0, 0.05) is 24.7 Å². The van der Waals surface area contributed by atoms with Crippen molar-refractivity contribution < 1.29 is 19.5 Å². The first-order valence-electron chi connectivity index (χ1n) is 10.7. The zero-order chi connectivity index (χ0) is 23.5. The molecule has 2 rings (SSSR count). The number of rotatable bonds is 7. The quantitative estimate of drug-likeness (QED) is 0.579. The lowest BCUT2D eigenvalue weighted by Crippen LogP contribution is -2.58. The maximum Gasteiger partial charge on any atom is 0.331 e. The van der Waals surface area contributed by atoms with Crippen LogP contribution in [0.4, 0.5) is 5.69 Å². The van der Waals surface area contributed by atoms with Gasteiger partial charge in [-0.1, -0.05) is 58.9 Å². The molecule has 3 atom stereocenters. The number of anilines is 1. The van der Waals surface area contributed by atoms with Gasteiger partial charge in [-0.05, 0) is 29.9 Å². The molecule has 0 saturated heterocycles. The first-order chi connectivity index (χ1) is 14.3. The van der Waals surface area contributed by atoms with Crippen molar-refractivity contribution in [3.63, 3.8) is 0 Å². The molecule has 0 spiro atoms. The topological polar surface area (TPSA) is 98.7 Å².